The van der Waals surface area contributed by atoms with E-state index in [2.05, 4.69) is 10.3 Å². The number of nitro benzene ring substituents is 1. The number of non-ortho nitro benzene ring substituents is 1. The van der Waals surface area contributed by atoms with E-state index < -0.39 is 22.1 Å². The van der Waals surface area contributed by atoms with E-state index in [9.17, 15) is 24.5 Å². The zero-order chi connectivity index (χ0) is 24.9. The third kappa shape index (κ3) is 3.99. The third-order valence-electron chi connectivity index (χ3n) is 6.62. The minimum Gasteiger partial charge on any atom is -0.344 e. The van der Waals surface area contributed by atoms with Gasteiger partial charge >= 0.3 is 5.69 Å². The molecule has 0 saturated heterocycles. The van der Waals surface area contributed by atoms with Crippen LogP contribution in [0.15, 0.2) is 75.5 Å². The van der Waals surface area contributed by atoms with Crippen molar-refractivity contribution < 1.29 is 9.72 Å². The standard InChI is InChI=1S/C26H24N4O5/c1-26(2)12-18-21(19(31)13-26)20(16-8-10-17(11-9-16)30(34)35)22-23(27-18)29(25(33)28-24(22)32)14-15-6-4-3-5-7-15/h3-11,20,27H,12-14H2,1-2H3,(H,28,32,33). The van der Waals surface area contributed by atoms with Crippen LogP contribution in [0, 0.1) is 15.5 Å². The second kappa shape index (κ2) is 8.19. The molecule has 2 aliphatic rings. The minimum atomic E-state index is -0.753. The van der Waals surface area contributed by atoms with E-state index in [-0.39, 0.29) is 29.0 Å². The summed E-state index contributed by atoms with van der Waals surface area (Å²) < 4.78 is 1.47. The highest BCUT2D eigenvalue weighted by atomic mass is 16.6. The minimum absolute atomic E-state index is 0.0852. The first-order valence-electron chi connectivity index (χ1n) is 11.3. The third-order valence-corrected chi connectivity index (χ3v) is 6.62. The number of anilines is 1. The maximum Gasteiger partial charge on any atom is 0.330 e. The Morgan fingerprint density at radius 3 is 2.37 bits per heavy atom. The molecule has 35 heavy (non-hydrogen) atoms. The van der Waals surface area contributed by atoms with Crippen LogP contribution in [0.3, 0.4) is 0 Å². The van der Waals surface area contributed by atoms with Crippen LogP contribution in [0.4, 0.5) is 11.5 Å². The maximum absolute atomic E-state index is 13.4. The summed E-state index contributed by atoms with van der Waals surface area (Å²) in [5.41, 5.74) is 1.32. The van der Waals surface area contributed by atoms with Crippen molar-refractivity contribution in [2.75, 3.05) is 5.32 Å². The first-order valence-corrected chi connectivity index (χ1v) is 11.3. The molecule has 9 nitrogen and oxygen atoms in total. The number of rotatable bonds is 4. The monoisotopic (exact) mass is 472 g/mol. The summed E-state index contributed by atoms with van der Waals surface area (Å²) in [6.45, 7) is 4.22. The Morgan fingerprint density at radius 2 is 1.71 bits per heavy atom. The van der Waals surface area contributed by atoms with Gasteiger partial charge in [-0.25, -0.2) is 4.79 Å². The number of hydrogen-bond donors (Lipinski definition) is 2. The summed E-state index contributed by atoms with van der Waals surface area (Å²) in [5, 5.41) is 14.5. The highest BCUT2D eigenvalue weighted by molar-refractivity contribution is 6.01. The summed E-state index contributed by atoms with van der Waals surface area (Å²) in [4.78, 5) is 52.6. The first kappa shape index (κ1) is 22.5. The number of carbonyl (C=O) groups excluding carboxylic acids is 1. The van der Waals surface area contributed by atoms with Gasteiger partial charge in [0.2, 0.25) is 0 Å². The van der Waals surface area contributed by atoms with Crippen LogP contribution in [-0.2, 0) is 11.3 Å². The van der Waals surface area contributed by atoms with Gasteiger partial charge in [-0.15, -0.1) is 0 Å². The number of ketones is 1. The molecule has 2 N–H and O–H groups in total. The summed E-state index contributed by atoms with van der Waals surface area (Å²) in [6, 6.07) is 15.3. The molecule has 1 aliphatic carbocycles. The Labute approximate surface area is 200 Å². The fourth-order valence-corrected chi connectivity index (χ4v) is 5.10. The van der Waals surface area contributed by atoms with Gasteiger partial charge in [0.05, 0.1) is 17.0 Å². The molecule has 1 unspecified atom stereocenters. The first-order chi connectivity index (χ1) is 16.6. The molecule has 0 saturated carbocycles. The zero-order valence-corrected chi connectivity index (χ0v) is 19.3. The van der Waals surface area contributed by atoms with Crippen LogP contribution in [0.5, 0.6) is 0 Å². The van der Waals surface area contributed by atoms with E-state index in [0.29, 0.717) is 35.5 Å². The van der Waals surface area contributed by atoms with E-state index in [1.54, 1.807) is 12.1 Å². The van der Waals surface area contributed by atoms with Gasteiger partial charge in [-0.1, -0.05) is 56.3 Å². The maximum atomic E-state index is 13.4. The van der Waals surface area contributed by atoms with E-state index in [1.807, 2.05) is 44.2 Å². The zero-order valence-electron chi connectivity index (χ0n) is 19.3. The van der Waals surface area contributed by atoms with Gasteiger partial charge in [-0.3, -0.25) is 29.3 Å². The van der Waals surface area contributed by atoms with Crippen molar-refractivity contribution in [2.45, 2.75) is 39.2 Å². The number of nitrogens with zero attached hydrogens (tertiary/aromatic N) is 2. The highest BCUT2D eigenvalue weighted by Gasteiger charge is 2.42. The Kier molecular flexibility index (Phi) is 5.27. The summed E-state index contributed by atoms with van der Waals surface area (Å²) in [5.74, 6) is -0.495. The number of fused-ring (bicyclic) bond motifs is 1. The van der Waals surface area contributed by atoms with Gasteiger partial charge in [-0.2, -0.15) is 0 Å². The SMILES string of the molecule is CC1(C)CC(=O)C2=C(C1)Nc1c(c(=O)[nH]c(=O)n1Cc1ccccc1)C2c1ccc([N+](=O)[O-])cc1. The number of Topliss-reactive ketones (excluding diaryl/α,β-unsaturated/α-hetero) is 1. The predicted octanol–water partition coefficient (Wildman–Crippen LogP) is 3.69. The van der Waals surface area contributed by atoms with E-state index >= 15 is 0 Å². The van der Waals surface area contributed by atoms with Crippen LogP contribution in [0.2, 0.25) is 0 Å². The summed E-state index contributed by atoms with van der Waals surface area (Å²) >= 11 is 0. The number of aromatic nitrogens is 2. The molecule has 0 radical (unpaired) electrons. The van der Waals surface area contributed by atoms with Crippen molar-refractivity contribution in [3.05, 3.63) is 114 Å². The number of nitrogens with one attached hydrogen (secondary N) is 2. The number of carbonyl (C=O) groups is 1. The molecule has 1 atom stereocenters. The molecule has 2 aromatic carbocycles. The molecule has 2 heterocycles. The molecule has 0 spiro atoms. The van der Waals surface area contributed by atoms with Gasteiger partial charge in [0.15, 0.2) is 5.78 Å². The van der Waals surface area contributed by atoms with Crippen LogP contribution < -0.4 is 16.6 Å². The fourth-order valence-electron chi connectivity index (χ4n) is 5.10. The molecule has 1 aliphatic heterocycles. The number of nitro groups is 1. The lowest BCUT2D eigenvalue weighted by Gasteiger charge is -2.39. The lowest BCUT2D eigenvalue weighted by molar-refractivity contribution is -0.384. The molecule has 0 amide bonds. The quantitative estimate of drug-likeness (QED) is 0.440. The largest absolute Gasteiger partial charge is 0.344 e. The Morgan fingerprint density at radius 1 is 1.03 bits per heavy atom. The van der Waals surface area contributed by atoms with E-state index in [4.69, 9.17) is 0 Å². The van der Waals surface area contributed by atoms with Crippen LogP contribution >= 0.6 is 0 Å². The topological polar surface area (TPSA) is 127 Å². The summed E-state index contributed by atoms with van der Waals surface area (Å²) in [7, 11) is 0. The molecular formula is C26H24N4O5. The number of H-pyrrole nitrogens is 1. The average molecular weight is 473 g/mol. The number of hydrogen-bond acceptors (Lipinski definition) is 6. The Bertz CT molecular complexity index is 1500. The van der Waals surface area contributed by atoms with E-state index in [0.717, 1.165) is 5.56 Å². The normalized spacial score (nSPS) is 18.5. The van der Waals surface area contributed by atoms with Gasteiger partial charge in [0, 0.05) is 35.7 Å². The molecule has 178 valence electrons. The Balaban J connectivity index is 1.75. The average Bonchev–Trinajstić information content (AvgIpc) is 2.80. The van der Waals surface area contributed by atoms with Gasteiger partial charge < -0.3 is 5.32 Å². The van der Waals surface area contributed by atoms with Gasteiger partial charge in [-0.05, 0) is 23.0 Å². The van der Waals surface area contributed by atoms with Crippen LogP contribution in [0.1, 0.15) is 49.3 Å². The van der Waals surface area contributed by atoms with Crippen molar-refractivity contribution in [1.29, 1.82) is 0 Å². The molecular weight excluding hydrogens is 448 g/mol. The highest BCUT2D eigenvalue weighted by Crippen LogP contribution is 2.47. The van der Waals surface area contributed by atoms with E-state index in [1.165, 1.54) is 16.7 Å². The van der Waals surface area contributed by atoms with Crippen molar-refractivity contribution >= 4 is 17.3 Å². The fraction of sp³-hybridized carbons (Fsp3) is 0.269. The molecule has 9 heteroatoms. The van der Waals surface area contributed by atoms with Crippen molar-refractivity contribution in [2.24, 2.45) is 5.41 Å². The smallest absolute Gasteiger partial charge is 0.330 e. The second-order valence-electron chi connectivity index (χ2n) is 9.83. The lowest BCUT2D eigenvalue weighted by atomic mass is 9.69. The van der Waals surface area contributed by atoms with Crippen LogP contribution in [0.25, 0.3) is 0 Å². The molecule has 0 fully saturated rings. The van der Waals surface area contributed by atoms with Gasteiger partial charge in [0.25, 0.3) is 11.2 Å². The van der Waals surface area contributed by atoms with Gasteiger partial charge in [0.1, 0.15) is 5.82 Å². The lowest BCUT2D eigenvalue weighted by Crippen LogP contribution is -2.42. The van der Waals surface area contributed by atoms with Crippen molar-refractivity contribution in [3.63, 3.8) is 0 Å². The number of aromatic amines is 1. The van der Waals surface area contributed by atoms with Crippen LogP contribution in [-0.4, -0.2) is 20.3 Å². The number of benzene rings is 2. The summed E-state index contributed by atoms with van der Waals surface area (Å²) in [6.07, 6.45) is 0.872. The molecule has 1 aromatic heterocycles. The second-order valence-corrected chi connectivity index (χ2v) is 9.83. The Hall–Kier alpha value is -4.27. The number of allylic oxidation sites excluding steroid dienone is 2. The van der Waals surface area contributed by atoms with Crippen molar-refractivity contribution in [3.8, 4) is 0 Å². The molecule has 3 aromatic rings. The predicted molar refractivity (Wildman–Crippen MR) is 130 cm³/mol. The molecule has 0 bridgehead atoms. The molecule has 5 rings (SSSR count). The van der Waals surface area contributed by atoms with Crippen molar-refractivity contribution in [1.82, 2.24) is 9.55 Å².